The minimum absolute atomic E-state index is 0.658. The highest BCUT2D eigenvalue weighted by Gasteiger charge is 2.02. The van der Waals surface area contributed by atoms with Crippen molar-refractivity contribution in [3.05, 3.63) is 29.3 Å². The van der Waals surface area contributed by atoms with Crippen LogP contribution >= 0.6 is 11.6 Å². The third kappa shape index (κ3) is 2.11. The highest BCUT2D eigenvalue weighted by molar-refractivity contribution is 6.33. The van der Waals surface area contributed by atoms with Gasteiger partial charge >= 0.3 is 0 Å². The predicted octanol–water partition coefficient (Wildman–Crippen LogP) is 1.37. The van der Waals surface area contributed by atoms with Crippen LogP contribution in [0.2, 0.25) is 0 Å². The summed E-state index contributed by atoms with van der Waals surface area (Å²) in [6.45, 7) is 2.21. The monoisotopic (exact) mass is 198 g/mol. The largest absolute Gasteiger partial charge is 0.122 e. The fourth-order valence-electron chi connectivity index (χ4n) is 1.50. The lowest BCUT2D eigenvalue weighted by Crippen LogP contribution is -2.12. The summed E-state index contributed by atoms with van der Waals surface area (Å²) in [5, 5.41) is 1.51. The Labute approximate surface area is 82.4 Å². The molecule has 0 amide bonds. The van der Waals surface area contributed by atoms with Crippen LogP contribution in [0.15, 0.2) is 18.2 Å². The second kappa shape index (κ2) is 4.68. The minimum atomic E-state index is 0.658. The van der Waals surface area contributed by atoms with Gasteiger partial charge in [-0.15, -0.1) is 11.6 Å². The molecule has 0 spiro atoms. The maximum absolute atomic E-state index is 5.86. The molecule has 0 fully saturated rings. The molecule has 1 rings (SSSR count). The first-order valence-corrected chi connectivity index (χ1v) is 5.96. The Balaban J connectivity index is 3.02. The van der Waals surface area contributed by atoms with Crippen molar-refractivity contribution in [2.75, 3.05) is 0 Å². The summed E-state index contributed by atoms with van der Waals surface area (Å²) in [6.07, 6.45) is 2.39. The lowest BCUT2D eigenvalue weighted by atomic mass is 10.0. The highest BCUT2D eigenvalue weighted by atomic mass is 35.5. The van der Waals surface area contributed by atoms with Crippen LogP contribution in [-0.4, -0.2) is 10.2 Å². The van der Waals surface area contributed by atoms with E-state index in [-0.39, 0.29) is 0 Å². The van der Waals surface area contributed by atoms with Gasteiger partial charge < -0.3 is 0 Å². The van der Waals surface area contributed by atoms with E-state index in [9.17, 15) is 0 Å². The molecule has 0 saturated carbocycles. The zero-order valence-corrected chi connectivity index (χ0v) is 10.5. The van der Waals surface area contributed by atoms with Crippen LogP contribution in [0, 0.1) is 0 Å². The summed E-state index contributed by atoms with van der Waals surface area (Å²) < 4.78 is 0. The van der Waals surface area contributed by atoms with E-state index in [0.29, 0.717) is 5.88 Å². The highest BCUT2D eigenvalue weighted by Crippen LogP contribution is 2.10. The Morgan fingerprint density at radius 1 is 1.42 bits per heavy atom. The Morgan fingerprint density at radius 3 is 2.75 bits per heavy atom. The van der Waals surface area contributed by atoms with Crippen molar-refractivity contribution < 1.29 is 0 Å². The quantitative estimate of drug-likeness (QED) is 0.509. The summed E-state index contributed by atoms with van der Waals surface area (Å²) >= 11 is 5.86. The van der Waals surface area contributed by atoms with Gasteiger partial charge in [0.15, 0.2) is 0 Å². The molecule has 0 bridgehead atoms. The van der Waals surface area contributed by atoms with Gasteiger partial charge in [0.2, 0.25) is 0 Å². The van der Waals surface area contributed by atoms with E-state index in [1.807, 2.05) is 0 Å². The average molecular weight is 199 g/mol. The van der Waals surface area contributed by atoms with Gasteiger partial charge in [0.1, 0.15) is 0 Å². The Kier molecular flexibility index (Phi) is 3.83. The average Bonchev–Trinajstić information content (AvgIpc) is 2.09. The molecule has 2 heteroatoms. The summed E-state index contributed by atoms with van der Waals surface area (Å²) in [5.41, 5.74) is 2.83. The molecule has 0 aromatic heterocycles. The summed E-state index contributed by atoms with van der Waals surface area (Å²) in [4.78, 5) is 0. The second-order valence-corrected chi connectivity index (χ2v) is 4.44. The smallest absolute Gasteiger partial charge is 0.0476 e. The van der Waals surface area contributed by atoms with Crippen LogP contribution in [0.25, 0.3) is 0 Å². The molecule has 1 aromatic carbocycles. The van der Waals surface area contributed by atoms with Gasteiger partial charge in [-0.3, -0.25) is 0 Å². The molecule has 0 unspecified atom stereocenters. The predicted molar refractivity (Wildman–Crippen MR) is 59.6 cm³/mol. The van der Waals surface area contributed by atoms with Gasteiger partial charge in [-0.2, -0.15) is 0 Å². The van der Waals surface area contributed by atoms with Crippen LogP contribution in [-0.2, 0) is 12.3 Å². The van der Waals surface area contributed by atoms with Crippen molar-refractivity contribution >= 4 is 27.0 Å². The summed E-state index contributed by atoms with van der Waals surface area (Å²) in [6, 6.07) is 6.46. The lowest BCUT2D eigenvalue weighted by molar-refractivity contribution is 0.916. The second-order valence-electron chi connectivity index (χ2n) is 3.10. The van der Waals surface area contributed by atoms with Crippen molar-refractivity contribution in [2.24, 2.45) is 0 Å². The fourth-order valence-corrected chi connectivity index (χ4v) is 2.51. The van der Waals surface area contributed by atoms with Crippen LogP contribution in [0.4, 0.5) is 0 Å². The minimum Gasteiger partial charge on any atom is -0.122 e. The molecule has 0 aliphatic rings. The first-order chi connectivity index (χ1) is 5.79. The van der Waals surface area contributed by atoms with Crippen molar-refractivity contribution in [2.45, 2.75) is 25.6 Å². The van der Waals surface area contributed by atoms with E-state index in [1.54, 1.807) is 0 Å². The molecule has 0 heterocycles. The molecular weight excluding hydrogens is 184 g/mol. The standard InChI is InChI=1S/C10H15ClSi/c1-2-4-9-8(7-11)5-3-6-10(9)12/h3,5-6H,2,4,7H2,1,12H3. The third-order valence-corrected chi connectivity index (χ3v) is 3.38. The molecule has 0 aliphatic carbocycles. The molecule has 1 aromatic rings. The fraction of sp³-hybridized carbons (Fsp3) is 0.400. The maximum atomic E-state index is 5.86. The molecule has 12 heavy (non-hydrogen) atoms. The van der Waals surface area contributed by atoms with E-state index in [4.69, 9.17) is 11.6 Å². The zero-order chi connectivity index (χ0) is 8.97. The SMILES string of the molecule is CCCc1c([SiH3])cccc1CCl. The zero-order valence-electron chi connectivity index (χ0n) is 7.73. The van der Waals surface area contributed by atoms with E-state index in [0.717, 1.165) is 10.2 Å². The van der Waals surface area contributed by atoms with Crippen LogP contribution < -0.4 is 5.19 Å². The van der Waals surface area contributed by atoms with Crippen LogP contribution in [0.1, 0.15) is 24.5 Å². The van der Waals surface area contributed by atoms with Gasteiger partial charge in [0.05, 0.1) is 0 Å². The van der Waals surface area contributed by atoms with E-state index < -0.39 is 0 Å². The van der Waals surface area contributed by atoms with Gasteiger partial charge in [0, 0.05) is 16.1 Å². The molecule has 0 saturated heterocycles. The number of hydrogen-bond donors (Lipinski definition) is 0. The number of hydrogen-bond acceptors (Lipinski definition) is 0. The maximum Gasteiger partial charge on any atom is 0.0476 e. The van der Waals surface area contributed by atoms with Crippen molar-refractivity contribution in [1.82, 2.24) is 0 Å². The first kappa shape index (κ1) is 9.81. The Bertz CT molecular complexity index is 258. The van der Waals surface area contributed by atoms with E-state index >= 15 is 0 Å². The molecule has 0 radical (unpaired) electrons. The topological polar surface area (TPSA) is 0 Å². The van der Waals surface area contributed by atoms with Crippen molar-refractivity contribution in [3.63, 3.8) is 0 Å². The number of rotatable bonds is 3. The Morgan fingerprint density at radius 2 is 2.17 bits per heavy atom. The normalized spacial score (nSPS) is 10.5. The molecule has 0 nitrogen and oxygen atoms in total. The summed E-state index contributed by atoms with van der Waals surface area (Å²) in [7, 11) is 1.13. The Hall–Kier alpha value is -0.273. The number of benzene rings is 1. The van der Waals surface area contributed by atoms with E-state index in [1.165, 1.54) is 29.2 Å². The molecular formula is C10H15ClSi. The number of alkyl halides is 1. The van der Waals surface area contributed by atoms with Gasteiger partial charge in [-0.05, 0) is 17.5 Å². The molecule has 0 aliphatic heterocycles. The molecule has 0 N–H and O–H groups in total. The third-order valence-electron chi connectivity index (χ3n) is 2.15. The van der Waals surface area contributed by atoms with Gasteiger partial charge in [-0.1, -0.05) is 36.7 Å². The van der Waals surface area contributed by atoms with Crippen LogP contribution in [0.3, 0.4) is 0 Å². The first-order valence-electron chi connectivity index (χ1n) is 4.43. The van der Waals surface area contributed by atoms with Crippen molar-refractivity contribution in [1.29, 1.82) is 0 Å². The number of halogens is 1. The van der Waals surface area contributed by atoms with E-state index in [2.05, 4.69) is 25.1 Å². The van der Waals surface area contributed by atoms with Gasteiger partial charge in [0.25, 0.3) is 0 Å². The van der Waals surface area contributed by atoms with Gasteiger partial charge in [-0.25, -0.2) is 0 Å². The molecule has 0 atom stereocenters. The van der Waals surface area contributed by atoms with Crippen molar-refractivity contribution in [3.8, 4) is 0 Å². The molecule has 66 valence electrons. The summed E-state index contributed by atoms with van der Waals surface area (Å²) in [5.74, 6) is 0.658. The van der Waals surface area contributed by atoms with Crippen LogP contribution in [0.5, 0.6) is 0 Å². The lowest BCUT2D eigenvalue weighted by Gasteiger charge is -2.08.